The molecule has 0 amide bonds. The minimum absolute atomic E-state index is 0.170. The molecule has 126 valence electrons. The Morgan fingerprint density at radius 3 is 2.54 bits per heavy atom. The highest BCUT2D eigenvalue weighted by molar-refractivity contribution is 7.90. The monoisotopic (exact) mass is 342 g/mol. The van der Waals surface area contributed by atoms with Crippen molar-refractivity contribution in [3.05, 3.63) is 65.9 Å². The average Bonchev–Trinajstić information content (AvgIpc) is 3.03. The molecule has 0 aliphatic heterocycles. The van der Waals surface area contributed by atoms with E-state index >= 15 is 0 Å². The Balaban J connectivity index is 1.61. The van der Waals surface area contributed by atoms with Crippen molar-refractivity contribution in [1.29, 1.82) is 0 Å². The summed E-state index contributed by atoms with van der Waals surface area (Å²) in [6, 6.07) is 15.7. The van der Waals surface area contributed by atoms with Gasteiger partial charge in [0.05, 0.1) is 4.90 Å². The molecular weight excluding hydrogens is 320 g/mol. The number of fused-ring (bicyclic) bond motifs is 1. The second-order valence-electron chi connectivity index (χ2n) is 6.12. The van der Waals surface area contributed by atoms with Crippen molar-refractivity contribution in [2.24, 2.45) is 0 Å². The third-order valence-electron chi connectivity index (χ3n) is 4.34. The summed E-state index contributed by atoms with van der Waals surface area (Å²) in [5.41, 5.74) is 3.57. The van der Waals surface area contributed by atoms with Gasteiger partial charge in [-0.1, -0.05) is 24.3 Å². The first-order valence-corrected chi connectivity index (χ1v) is 9.92. The van der Waals surface area contributed by atoms with Gasteiger partial charge in [-0.2, -0.15) is 0 Å². The molecule has 0 saturated carbocycles. The van der Waals surface area contributed by atoms with Crippen LogP contribution in [0.2, 0.25) is 0 Å². The Morgan fingerprint density at radius 1 is 1.08 bits per heavy atom. The standard InChI is InChI=1S/C19H22N2O2S/c1-14(15-6-8-17(9-7-15)24(2,22)23)20-12-10-16-4-3-5-19-18(16)11-13-21-19/h3-9,11,13-14,20-21H,10,12H2,1-2H3/t14-/m0/s1. The minimum atomic E-state index is -3.14. The van der Waals surface area contributed by atoms with Gasteiger partial charge in [-0.25, -0.2) is 8.42 Å². The van der Waals surface area contributed by atoms with Crippen LogP contribution >= 0.6 is 0 Å². The summed E-state index contributed by atoms with van der Waals surface area (Å²) < 4.78 is 23.0. The maximum Gasteiger partial charge on any atom is 0.175 e. The topological polar surface area (TPSA) is 62.0 Å². The Bertz CT molecular complexity index is 927. The molecule has 3 aromatic rings. The maximum atomic E-state index is 11.5. The van der Waals surface area contributed by atoms with Crippen LogP contribution in [0.15, 0.2) is 59.6 Å². The number of rotatable bonds is 6. The molecule has 0 aliphatic carbocycles. The minimum Gasteiger partial charge on any atom is -0.361 e. The highest BCUT2D eigenvalue weighted by Gasteiger charge is 2.09. The van der Waals surface area contributed by atoms with Crippen LogP contribution < -0.4 is 5.32 Å². The lowest BCUT2D eigenvalue weighted by atomic mass is 10.1. The molecule has 0 unspecified atom stereocenters. The molecular formula is C19H22N2O2S. The number of hydrogen-bond donors (Lipinski definition) is 2. The third kappa shape index (κ3) is 3.68. The number of nitrogens with one attached hydrogen (secondary N) is 2. The largest absolute Gasteiger partial charge is 0.361 e. The highest BCUT2D eigenvalue weighted by Crippen LogP contribution is 2.19. The van der Waals surface area contributed by atoms with Crippen LogP contribution in [0.25, 0.3) is 10.9 Å². The van der Waals surface area contributed by atoms with E-state index in [1.54, 1.807) is 12.1 Å². The van der Waals surface area contributed by atoms with Crippen molar-refractivity contribution in [3.63, 3.8) is 0 Å². The first-order valence-electron chi connectivity index (χ1n) is 8.03. The molecule has 1 aromatic heterocycles. The number of benzene rings is 2. The van der Waals surface area contributed by atoms with E-state index in [9.17, 15) is 8.42 Å². The summed E-state index contributed by atoms with van der Waals surface area (Å²) >= 11 is 0. The van der Waals surface area contributed by atoms with Gasteiger partial charge in [0.2, 0.25) is 0 Å². The van der Waals surface area contributed by atoms with Crippen molar-refractivity contribution in [3.8, 4) is 0 Å². The summed E-state index contributed by atoms with van der Waals surface area (Å²) in [5.74, 6) is 0. The lowest BCUT2D eigenvalue weighted by Crippen LogP contribution is -2.21. The van der Waals surface area contributed by atoms with Gasteiger partial charge in [0, 0.05) is 29.4 Å². The van der Waals surface area contributed by atoms with Crippen LogP contribution in [0.3, 0.4) is 0 Å². The molecule has 0 saturated heterocycles. The first-order chi connectivity index (χ1) is 11.4. The molecule has 0 fully saturated rings. The molecule has 0 bridgehead atoms. The van der Waals surface area contributed by atoms with Crippen LogP contribution in [0.5, 0.6) is 0 Å². The normalized spacial score (nSPS) is 13.2. The lowest BCUT2D eigenvalue weighted by Gasteiger charge is -2.15. The van der Waals surface area contributed by atoms with Crippen molar-refractivity contribution in [2.75, 3.05) is 12.8 Å². The van der Waals surface area contributed by atoms with Gasteiger partial charge in [-0.15, -0.1) is 0 Å². The zero-order valence-electron chi connectivity index (χ0n) is 13.9. The van der Waals surface area contributed by atoms with Gasteiger partial charge in [0.15, 0.2) is 9.84 Å². The van der Waals surface area contributed by atoms with Crippen LogP contribution in [0.1, 0.15) is 24.1 Å². The van der Waals surface area contributed by atoms with Crippen molar-refractivity contribution in [1.82, 2.24) is 10.3 Å². The van der Waals surface area contributed by atoms with Gasteiger partial charge in [0.1, 0.15) is 0 Å². The fourth-order valence-electron chi connectivity index (χ4n) is 2.91. The predicted octanol–water partition coefficient (Wildman–Crippen LogP) is 3.46. The van der Waals surface area contributed by atoms with Crippen LogP contribution in [0, 0.1) is 0 Å². The van der Waals surface area contributed by atoms with Gasteiger partial charge in [-0.3, -0.25) is 0 Å². The summed E-state index contributed by atoms with van der Waals surface area (Å²) in [5, 5.41) is 4.77. The molecule has 0 aliphatic rings. The number of hydrogen-bond acceptors (Lipinski definition) is 3. The van der Waals surface area contributed by atoms with Gasteiger partial charge in [-0.05, 0) is 55.3 Å². The smallest absolute Gasteiger partial charge is 0.175 e. The van der Waals surface area contributed by atoms with Gasteiger partial charge in [0.25, 0.3) is 0 Å². The Morgan fingerprint density at radius 2 is 1.83 bits per heavy atom. The number of aromatic amines is 1. The van der Waals surface area contributed by atoms with E-state index in [1.807, 2.05) is 18.3 Å². The van der Waals surface area contributed by atoms with Crippen molar-refractivity contribution in [2.45, 2.75) is 24.3 Å². The van der Waals surface area contributed by atoms with Gasteiger partial charge < -0.3 is 10.3 Å². The predicted molar refractivity (Wildman–Crippen MR) is 98.0 cm³/mol. The van der Waals surface area contributed by atoms with Crippen molar-refractivity contribution >= 4 is 20.7 Å². The SMILES string of the molecule is C[C@H](NCCc1cccc2[nH]ccc12)c1ccc(S(C)(=O)=O)cc1. The lowest BCUT2D eigenvalue weighted by molar-refractivity contribution is 0.576. The molecule has 24 heavy (non-hydrogen) atoms. The highest BCUT2D eigenvalue weighted by atomic mass is 32.2. The second-order valence-corrected chi connectivity index (χ2v) is 8.14. The molecule has 5 heteroatoms. The van der Waals surface area contributed by atoms with Gasteiger partial charge >= 0.3 is 0 Å². The van der Waals surface area contributed by atoms with Crippen LogP contribution in [-0.4, -0.2) is 26.2 Å². The molecule has 4 nitrogen and oxygen atoms in total. The van der Waals surface area contributed by atoms with E-state index in [-0.39, 0.29) is 6.04 Å². The fraction of sp³-hybridized carbons (Fsp3) is 0.263. The molecule has 1 heterocycles. The average molecular weight is 342 g/mol. The van der Waals surface area contributed by atoms with E-state index in [0.29, 0.717) is 4.90 Å². The number of sulfone groups is 1. The van der Waals surface area contributed by atoms with Crippen molar-refractivity contribution < 1.29 is 8.42 Å². The number of H-pyrrole nitrogens is 1. The Labute approximate surface area is 142 Å². The van der Waals surface area contributed by atoms with Crippen LogP contribution in [-0.2, 0) is 16.3 Å². The van der Waals surface area contributed by atoms with E-state index in [1.165, 1.54) is 17.2 Å². The zero-order valence-corrected chi connectivity index (χ0v) is 14.7. The summed E-state index contributed by atoms with van der Waals surface area (Å²) in [4.78, 5) is 3.59. The Hall–Kier alpha value is -2.11. The second kappa shape index (κ2) is 6.79. The van der Waals surface area contributed by atoms with E-state index in [2.05, 4.69) is 41.5 Å². The Kier molecular flexibility index (Phi) is 4.73. The first kappa shape index (κ1) is 16.7. The molecule has 0 radical (unpaired) electrons. The quantitative estimate of drug-likeness (QED) is 0.721. The summed E-state index contributed by atoms with van der Waals surface area (Å²) in [6.07, 6.45) is 4.14. The summed E-state index contributed by atoms with van der Waals surface area (Å²) in [6.45, 7) is 2.95. The molecule has 3 rings (SSSR count). The third-order valence-corrected chi connectivity index (χ3v) is 5.47. The summed E-state index contributed by atoms with van der Waals surface area (Å²) in [7, 11) is -3.14. The van der Waals surface area contributed by atoms with E-state index < -0.39 is 9.84 Å². The molecule has 1 atom stereocenters. The fourth-order valence-corrected chi connectivity index (χ4v) is 3.54. The zero-order chi connectivity index (χ0) is 17.2. The molecule has 2 N–H and O–H groups in total. The van der Waals surface area contributed by atoms with E-state index in [4.69, 9.17) is 0 Å². The maximum absolute atomic E-state index is 11.5. The molecule has 0 spiro atoms. The van der Waals surface area contributed by atoms with E-state index in [0.717, 1.165) is 24.0 Å². The number of aromatic nitrogens is 1. The molecule has 2 aromatic carbocycles. The van der Waals surface area contributed by atoms with Crippen LogP contribution in [0.4, 0.5) is 0 Å².